The molecule has 0 aliphatic heterocycles. The maximum atomic E-state index is 12.7. The van der Waals surface area contributed by atoms with Gasteiger partial charge in [0.15, 0.2) is 0 Å². The lowest BCUT2D eigenvalue weighted by molar-refractivity contribution is 0.0420. The van der Waals surface area contributed by atoms with Gasteiger partial charge >= 0.3 is 0 Å². The number of aromatic hydroxyl groups is 1. The molecule has 0 heterocycles. The molecule has 2 rings (SSSR count). The Hall–Kier alpha value is -1.09. The molecule has 2 N–H and O–H groups in total. The second kappa shape index (κ2) is 3.24. The van der Waals surface area contributed by atoms with Gasteiger partial charge in [-0.1, -0.05) is 12.8 Å². The Bertz CT molecular complexity index is 343. The zero-order valence-electron chi connectivity index (χ0n) is 7.83. The van der Waals surface area contributed by atoms with Crippen LogP contribution in [0.1, 0.15) is 31.2 Å². The SMILES string of the molecule is Oc1cc(F)ccc1C1(O)CCCC1. The summed E-state index contributed by atoms with van der Waals surface area (Å²) in [6.45, 7) is 0. The molecular formula is C11H13FO2. The van der Waals surface area contributed by atoms with Crippen LogP contribution in [0.4, 0.5) is 4.39 Å². The van der Waals surface area contributed by atoms with Crippen molar-refractivity contribution in [1.29, 1.82) is 0 Å². The quantitative estimate of drug-likeness (QED) is 0.723. The highest BCUT2D eigenvalue weighted by atomic mass is 19.1. The summed E-state index contributed by atoms with van der Waals surface area (Å²) in [5.74, 6) is -0.623. The molecule has 1 aromatic rings. The standard InChI is InChI=1S/C11H13FO2/c12-8-3-4-9(10(13)7-8)11(14)5-1-2-6-11/h3-4,7,13-14H,1-2,5-6H2. The average molecular weight is 196 g/mol. The van der Waals surface area contributed by atoms with Gasteiger partial charge in [-0.15, -0.1) is 0 Å². The van der Waals surface area contributed by atoms with Crippen LogP contribution in [0.2, 0.25) is 0 Å². The number of hydrogen-bond acceptors (Lipinski definition) is 2. The van der Waals surface area contributed by atoms with Gasteiger partial charge in [0, 0.05) is 11.6 Å². The number of hydrogen-bond donors (Lipinski definition) is 2. The second-order valence-electron chi connectivity index (χ2n) is 3.90. The second-order valence-corrected chi connectivity index (χ2v) is 3.90. The number of rotatable bonds is 1. The predicted molar refractivity (Wildman–Crippen MR) is 50.4 cm³/mol. The fourth-order valence-electron chi connectivity index (χ4n) is 2.13. The van der Waals surface area contributed by atoms with E-state index in [1.807, 2.05) is 0 Å². The third kappa shape index (κ3) is 1.48. The molecule has 1 saturated carbocycles. The van der Waals surface area contributed by atoms with Crippen molar-refractivity contribution in [3.8, 4) is 5.75 Å². The number of benzene rings is 1. The van der Waals surface area contributed by atoms with Crippen LogP contribution in [0.5, 0.6) is 5.75 Å². The van der Waals surface area contributed by atoms with Gasteiger partial charge in [-0.3, -0.25) is 0 Å². The van der Waals surface area contributed by atoms with E-state index >= 15 is 0 Å². The fraction of sp³-hybridized carbons (Fsp3) is 0.455. The third-order valence-electron chi connectivity index (χ3n) is 2.89. The van der Waals surface area contributed by atoms with Crippen LogP contribution in [0.15, 0.2) is 18.2 Å². The summed E-state index contributed by atoms with van der Waals surface area (Å²) in [4.78, 5) is 0. The molecule has 0 unspecified atom stereocenters. The Balaban J connectivity index is 2.40. The molecule has 1 aromatic carbocycles. The summed E-state index contributed by atoms with van der Waals surface area (Å²) in [7, 11) is 0. The van der Waals surface area contributed by atoms with Crippen molar-refractivity contribution in [3.63, 3.8) is 0 Å². The van der Waals surface area contributed by atoms with Gasteiger partial charge in [-0.2, -0.15) is 0 Å². The third-order valence-corrected chi connectivity index (χ3v) is 2.89. The molecule has 14 heavy (non-hydrogen) atoms. The lowest BCUT2D eigenvalue weighted by Gasteiger charge is -2.23. The summed E-state index contributed by atoms with van der Waals surface area (Å²) in [5, 5.41) is 19.7. The normalized spacial score (nSPS) is 19.9. The van der Waals surface area contributed by atoms with Crippen LogP contribution in [0, 0.1) is 5.82 Å². The number of halogens is 1. The average Bonchev–Trinajstić information content (AvgIpc) is 2.52. The minimum atomic E-state index is -0.947. The van der Waals surface area contributed by atoms with Gasteiger partial charge in [-0.05, 0) is 25.0 Å². The van der Waals surface area contributed by atoms with Gasteiger partial charge in [0.25, 0.3) is 0 Å². The molecule has 0 saturated heterocycles. The molecule has 0 amide bonds. The number of aliphatic hydroxyl groups is 1. The molecule has 0 spiro atoms. The van der Waals surface area contributed by atoms with Crippen molar-refractivity contribution < 1.29 is 14.6 Å². The van der Waals surface area contributed by atoms with E-state index in [0.29, 0.717) is 18.4 Å². The van der Waals surface area contributed by atoms with Gasteiger partial charge < -0.3 is 10.2 Å². The largest absolute Gasteiger partial charge is 0.507 e. The van der Waals surface area contributed by atoms with E-state index < -0.39 is 11.4 Å². The van der Waals surface area contributed by atoms with E-state index in [1.54, 1.807) is 0 Å². The smallest absolute Gasteiger partial charge is 0.126 e. The molecular weight excluding hydrogens is 183 g/mol. The van der Waals surface area contributed by atoms with Crippen molar-refractivity contribution in [3.05, 3.63) is 29.6 Å². The fourth-order valence-corrected chi connectivity index (χ4v) is 2.13. The Kier molecular flexibility index (Phi) is 2.19. The zero-order valence-corrected chi connectivity index (χ0v) is 7.83. The van der Waals surface area contributed by atoms with Crippen molar-refractivity contribution in [2.45, 2.75) is 31.3 Å². The molecule has 1 aliphatic rings. The molecule has 76 valence electrons. The summed E-state index contributed by atoms with van der Waals surface area (Å²) < 4.78 is 12.7. The maximum Gasteiger partial charge on any atom is 0.126 e. The highest BCUT2D eigenvalue weighted by molar-refractivity contribution is 5.37. The molecule has 0 bridgehead atoms. The van der Waals surface area contributed by atoms with Crippen LogP contribution in [-0.2, 0) is 5.60 Å². The van der Waals surface area contributed by atoms with Gasteiger partial charge in [0.2, 0.25) is 0 Å². The van der Waals surface area contributed by atoms with Gasteiger partial charge in [-0.25, -0.2) is 4.39 Å². The van der Waals surface area contributed by atoms with Gasteiger partial charge in [0.05, 0.1) is 5.60 Å². The maximum absolute atomic E-state index is 12.7. The van der Waals surface area contributed by atoms with E-state index in [1.165, 1.54) is 12.1 Å². The summed E-state index contributed by atoms with van der Waals surface area (Å²) in [5.41, 5.74) is -0.492. The first-order chi connectivity index (χ1) is 6.62. The van der Waals surface area contributed by atoms with Crippen LogP contribution >= 0.6 is 0 Å². The molecule has 0 radical (unpaired) electrons. The number of phenols is 1. The first-order valence-corrected chi connectivity index (χ1v) is 4.83. The highest BCUT2D eigenvalue weighted by Crippen LogP contribution is 2.42. The topological polar surface area (TPSA) is 40.5 Å². The minimum Gasteiger partial charge on any atom is -0.507 e. The molecule has 1 fully saturated rings. The lowest BCUT2D eigenvalue weighted by Crippen LogP contribution is -2.20. The van der Waals surface area contributed by atoms with Crippen molar-refractivity contribution in [1.82, 2.24) is 0 Å². The molecule has 1 aliphatic carbocycles. The van der Waals surface area contributed by atoms with E-state index in [-0.39, 0.29) is 5.75 Å². The molecule has 0 aromatic heterocycles. The minimum absolute atomic E-state index is 0.144. The van der Waals surface area contributed by atoms with Gasteiger partial charge in [0.1, 0.15) is 11.6 Å². The van der Waals surface area contributed by atoms with E-state index in [4.69, 9.17) is 0 Å². The van der Waals surface area contributed by atoms with Crippen molar-refractivity contribution in [2.24, 2.45) is 0 Å². The lowest BCUT2D eigenvalue weighted by atomic mass is 9.91. The first kappa shape index (κ1) is 9.46. The van der Waals surface area contributed by atoms with Crippen LogP contribution in [0.3, 0.4) is 0 Å². The molecule has 3 heteroatoms. The first-order valence-electron chi connectivity index (χ1n) is 4.83. The molecule has 0 atom stereocenters. The van der Waals surface area contributed by atoms with E-state index in [0.717, 1.165) is 18.9 Å². The van der Waals surface area contributed by atoms with E-state index in [2.05, 4.69) is 0 Å². The predicted octanol–water partition coefficient (Wildman–Crippen LogP) is 2.29. The van der Waals surface area contributed by atoms with Crippen LogP contribution < -0.4 is 0 Å². The highest BCUT2D eigenvalue weighted by Gasteiger charge is 2.35. The van der Waals surface area contributed by atoms with Crippen LogP contribution in [-0.4, -0.2) is 10.2 Å². The number of phenolic OH excluding ortho intramolecular Hbond substituents is 1. The van der Waals surface area contributed by atoms with E-state index in [9.17, 15) is 14.6 Å². The Morgan fingerprint density at radius 3 is 2.43 bits per heavy atom. The summed E-state index contributed by atoms with van der Waals surface area (Å²) >= 11 is 0. The molecule has 2 nitrogen and oxygen atoms in total. The Morgan fingerprint density at radius 1 is 1.21 bits per heavy atom. The van der Waals surface area contributed by atoms with Crippen molar-refractivity contribution >= 4 is 0 Å². The summed E-state index contributed by atoms with van der Waals surface area (Å²) in [6, 6.07) is 3.78. The van der Waals surface area contributed by atoms with Crippen molar-refractivity contribution in [2.75, 3.05) is 0 Å². The Morgan fingerprint density at radius 2 is 1.86 bits per heavy atom. The zero-order chi connectivity index (χ0) is 10.2. The van der Waals surface area contributed by atoms with Crippen LogP contribution in [0.25, 0.3) is 0 Å². The Labute approximate surface area is 82.0 Å². The monoisotopic (exact) mass is 196 g/mol. The summed E-state index contributed by atoms with van der Waals surface area (Å²) in [6.07, 6.45) is 3.19.